The van der Waals surface area contributed by atoms with E-state index in [-0.39, 0.29) is 11.7 Å². The molecule has 15 heavy (non-hydrogen) atoms. The van der Waals surface area contributed by atoms with E-state index in [0.717, 1.165) is 32.1 Å². The minimum absolute atomic E-state index is 0.171. The van der Waals surface area contributed by atoms with E-state index in [4.69, 9.17) is 5.11 Å². The highest BCUT2D eigenvalue weighted by Gasteiger charge is 2.34. The zero-order chi connectivity index (χ0) is 11.3. The van der Waals surface area contributed by atoms with E-state index in [2.05, 4.69) is 0 Å². The average Bonchev–Trinajstić information content (AvgIpc) is 2.20. The third kappa shape index (κ3) is 3.33. The van der Waals surface area contributed by atoms with Gasteiger partial charge in [0.05, 0.1) is 5.92 Å². The van der Waals surface area contributed by atoms with Crippen molar-refractivity contribution in [1.82, 2.24) is 0 Å². The minimum atomic E-state index is -0.788. The van der Waals surface area contributed by atoms with Gasteiger partial charge in [-0.05, 0) is 19.3 Å². The highest BCUT2D eigenvalue weighted by atomic mass is 16.4. The molecule has 0 bridgehead atoms. The first kappa shape index (κ1) is 12.2. The Hall–Kier alpha value is -0.860. The van der Waals surface area contributed by atoms with Gasteiger partial charge in [-0.15, -0.1) is 0 Å². The fraction of sp³-hybridized carbons (Fsp3) is 0.833. The molecule has 1 rings (SSSR count). The summed E-state index contributed by atoms with van der Waals surface area (Å²) < 4.78 is 0. The van der Waals surface area contributed by atoms with Gasteiger partial charge in [0.1, 0.15) is 5.78 Å². The van der Waals surface area contributed by atoms with Crippen molar-refractivity contribution >= 4 is 11.8 Å². The summed E-state index contributed by atoms with van der Waals surface area (Å²) in [4.78, 5) is 22.7. The molecular weight excluding hydrogens is 192 g/mol. The SMILES string of the molecule is CCCCC(C(=O)O)C1CCCCC1=O. The summed E-state index contributed by atoms with van der Waals surface area (Å²) in [7, 11) is 0. The second kappa shape index (κ2) is 5.89. The number of unbranched alkanes of at least 4 members (excludes halogenated alkanes) is 1. The summed E-state index contributed by atoms with van der Waals surface area (Å²) in [6, 6.07) is 0. The van der Waals surface area contributed by atoms with Gasteiger partial charge in [0.2, 0.25) is 0 Å². The van der Waals surface area contributed by atoms with E-state index in [1.165, 1.54) is 0 Å². The molecule has 1 aliphatic rings. The van der Waals surface area contributed by atoms with Gasteiger partial charge in [-0.2, -0.15) is 0 Å². The maximum Gasteiger partial charge on any atom is 0.307 e. The second-order valence-electron chi connectivity index (χ2n) is 4.41. The Labute approximate surface area is 90.9 Å². The number of aliphatic carboxylic acids is 1. The van der Waals surface area contributed by atoms with Gasteiger partial charge in [-0.25, -0.2) is 0 Å². The van der Waals surface area contributed by atoms with E-state index < -0.39 is 11.9 Å². The zero-order valence-electron chi connectivity index (χ0n) is 9.37. The molecule has 1 fully saturated rings. The molecule has 1 N–H and O–H groups in total. The lowest BCUT2D eigenvalue weighted by Gasteiger charge is -2.26. The van der Waals surface area contributed by atoms with Crippen molar-refractivity contribution in [3.63, 3.8) is 0 Å². The molecule has 2 atom stereocenters. The minimum Gasteiger partial charge on any atom is -0.481 e. The van der Waals surface area contributed by atoms with Crippen LogP contribution in [0, 0.1) is 11.8 Å². The molecule has 0 aliphatic heterocycles. The van der Waals surface area contributed by atoms with Gasteiger partial charge in [0.25, 0.3) is 0 Å². The molecule has 0 aromatic heterocycles. The van der Waals surface area contributed by atoms with Crippen molar-refractivity contribution < 1.29 is 14.7 Å². The van der Waals surface area contributed by atoms with Gasteiger partial charge in [0.15, 0.2) is 0 Å². The highest BCUT2D eigenvalue weighted by molar-refractivity contribution is 5.86. The Morgan fingerprint density at radius 1 is 1.53 bits per heavy atom. The third-order valence-corrected chi connectivity index (χ3v) is 3.27. The molecule has 0 heterocycles. The van der Waals surface area contributed by atoms with Crippen LogP contribution in [0.2, 0.25) is 0 Å². The van der Waals surface area contributed by atoms with Crippen LogP contribution in [0.1, 0.15) is 51.9 Å². The Kier molecular flexibility index (Phi) is 4.79. The number of carbonyl (C=O) groups excluding carboxylic acids is 1. The monoisotopic (exact) mass is 212 g/mol. The lowest BCUT2D eigenvalue weighted by Crippen LogP contribution is -2.32. The number of rotatable bonds is 5. The quantitative estimate of drug-likeness (QED) is 0.762. The normalized spacial score (nSPS) is 23.8. The first-order chi connectivity index (χ1) is 7.16. The summed E-state index contributed by atoms with van der Waals surface area (Å²) in [6.07, 6.45) is 5.86. The topological polar surface area (TPSA) is 54.4 Å². The van der Waals surface area contributed by atoms with Crippen molar-refractivity contribution in [3.05, 3.63) is 0 Å². The molecule has 1 saturated carbocycles. The molecular formula is C12H20O3. The van der Waals surface area contributed by atoms with Crippen LogP contribution in [0.3, 0.4) is 0 Å². The molecule has 3 nitrogen and oxygen atoms in total. The Morgan fingerprint density at radius 2 is 2.27 bits per heavy atom. The summed E-state index contributed by atoms with van der Waals surface area (Å²) in [5, 5.41) is 9.12. The van der Waals surface area contributed by atoms with Crippen LogP contribution in [-0.4, -0.2) is 16.9 Å². The van der Waals surface area contributed by atoms with Crippen molar-refractivity contribution in [2.75, 3.05) is 0 Å². The molecule has 0 spiro atoms. The van der Waals surface area contributed by atoms with Crippen LogP contribution in [0.15, 0.2) is 0 Å². The largest absolute Gasteiger partial charge is 0.481 e. The van der Waals surface area contributed by atoms with Gasteiger partial charge in [-0.1, -0.05) is 26.2 Å². The van der Waals surface area contributed by atoms with Crippen LogP contribution < -0.4 is 0 Å². The van der Waals surface area contributed by atoms with Gasteiger partial charge < -0.3 is 5.11 Å². The number of ketones is 1. The van der Waals surface area contributed by atoms with Crippen LogP contribution in [0.5, 0.6) is 0 Å². The maximum atomic E-state index is 11.6. The zero-order valence-corrected chi connectivity index (χ0v) is 9.37. The number of carboxylic acids is 1. The molecule has 0 aromatic carbocycles. The lowest BCUT2D eigenvalue weighted by atomic mass is 9.77. The predicted octanol–water partition coefficient (Wildman–Crippen LogP) is 2.64. The lowest BCUT2D eigenvalue weighted by molar-refractivity contribution is -0.148. The van der Waals surface area contributed by atoms with Crippen LogP contribution >= 0.6 is 0 Å². The molecule has 0 amide bonds. The number of Topliss-reactive ketones (excluding diaryl/α,β-unsaturated/α-hetero) is 1. The van der Waals surface area contributed by atoms with E-state index in [1.807, 2.05) is 6.92 Å². The van der Waals surface area contributed by atoms with E-state index in [9.17, 15) is 9.59 Å². The van der Waals surface area contributed by atoms with Crippen molar-refractivity contribution in [2.45, 2.75) is 51.9 Å². The third-order valence-electron chi connectivity index (χ3n) is 3.27. The summed E-state index contributed by atoms with van der Waals surface area (Å²) in [6.45, 7) is 2.04. The number of hydrogen-bond donors (Lipinski definition) is 1. The molecule has 0 radical (unpaired) electrons. The van der Waals surface area contributed by atoms with Crippen LogP contribution in [0.25, 0.3) is 0 Å². The average molecular weight is 212 g/mol. The Bertz CT molecular complexity index is 235. The first-order valence-corrected chi connectivity index (χ1v) is 5.92. The summed E-state index contributed by atoms with van der Waals surface area (Å²) in [5.41, 5.74) is 0. The van der Waals surface area contributed by atoms with Crippen LogP contribution in [0.4, 0.5) is 0 Å². The highest BCUT2D eigenvalue weighted by Crippen LogP contribution is 2.30. The van der Waals surface area contributed by atoms with Crippen molar-refractivity contribution in [1.29, 1.82) is 0 Å². The molecule has 86 valence electrons. The van der Waals surface area contributed by atoms with Crippen molar-refractivity contribution in [2.24, 2.45) is 11.8 Å². The molecule has 1 aliphatic carbocycles. The van der Waals surface area contributed by atoms with Gasteiger partial charge in [0, 0.05) is 12.3 Å². The fourth-order valence-corrected chi connectivity index (χ4v) is 2.36. The second-order valence-corrected chi connectivity index (χ2v) is 4.41. The van der Waals surface area contributed by atoms with Gasteiger partial charge in [-0.3, -0.25) is 9.59 Å². The maximum absolute atomic E-state index is 11.6. The van der Waals surface area contributed by atoms with E-state index in [1.54, 1.807) is 0 Å². The molecule has 2 unspecified atom stereocenters. The number of carboxylic acid groups (broad SMARTS) is 1. The molecule has 0 saturated heterocycles. The van der Waals surface area contributed by atoms with Crippen LogP contribution in [-0.2, 0) is 9.59 Å². The summed E-state index contributed by atoms with van der Waals surface area (Å²) in [5.74, 6) is -1.26. The molecule has 0 aromatic rings. The number of hydrogen-bond acceptors (Lipinski definition) is 2. The van der Waals surface area contributed by atoms with Gasteiger partial charge >= 0.3 is 5.97 Å². The smallest absolute Gasteiger partial charge is 0.307 e. The Morgan fingerprint density at radius 3 is 2.80 bits per heavy atom. The summed E-state index contributed by atoms with van der Waals surface area (Å²) >= 11 is 0. The fourth-order valence-electron chi connectivity index (χ4n) is 2.36. The standard InChI is InChI=1S/C12H20O3/c1-2-3-6-10(12(14)15)9-7-4-5-8-11(9)13/h9-10H,2-8H2,1H3,(H,14,15). The molecule has 3 heteroatoms. The van der Waals surface area contributed by atoms with E-state index >= 15 is 0 Å². The Balaban J connectivity index is 2.60. The van der Waals surface area contributed by atoms with Crippen molar-refractivity contribution in [3.8, 4) is 0 Å². The van der Waals surface area contributed by atoms with E-state index in [0.29, 0.717) is 12.8 Å². The first-order valence-electron chi connectivity index (χ1n) is 5.92. The predicted molar refractivity (Wildman–Crippen MR) is 57.6 cm³/mol. The number of carbonyl (C=O) groups is 2.